The molecule has 152 valence electrons. The van der Waals surface area contributed by atoms with Gasteiger partial charge in [0.15, 0.2) is 5.13 Å². The van der Waals surface area contributed by atoms with E-state index in [-0.39, 0.29) is 24.1 Å². The minimum Gasteiger partial charge on any atom is -0.497 e. The van der Waals surface area contributed by atoms with Crippen LogP contribution in [0.15, 0.2) is 34.8 Å². The number of methoxy groups -OCH3 is 1. The van der Waals surface area contributed by atoms with Crippen LogP contribution in [-0.2, 0) is 20.7 Å². The summed E-state index contributed by atoms with van der Waals surface area (Å²) in [7, 11) is 1.59. The van der Waals surface area contributed by atoms with E-state index in [0.717, 1.165) is 11.4 Å². The number of hydrogen-bond acceptors (Lipinski definition) is 10. The zero-order chi connectivity index (χ0) is 20.6. The largest absolute Gasteiger partial charge is 0.497 e. The molecule has 0 radical (unpaired) electrons. The lowest BCUT2D eigenvalue weighted by molar-refractivity contribution is -0.142. The SMILES string of the molecule is CCOC(=O)Cc1csc(NC(=O)CSc2nnnn2-c2ccc(OC)cc2)n1. The number of rotatable bonds is 9. The van der Waals surface area contributed by atoms with E-state index in [9.17, 15) is 9.59 Å². The third kappa shape index (κ3) is 5.74. The highest BCUT2D eigenvalue weighted by atomic mass is 32.2. The van der Waals surface area contributed by atoms with E-state index in [4.69, 9.17) is 9.47 Å². The second kappa shape index (κ2) is 9.98. The fourth-order valence-corrected chi connectivity index (χ4v) is 3.66. The number of nitrogens with zero attached hydrogens (tertiary/aromatic N) is 5. The summed E-state index contributed by atoms with van der Waals surface area (Å²) >= 11 is 2.44. The molecular formula is C17H18N6O4S2. The molecule has 3 aromatic rings. The van der Waals surface area contributed by atoms with Crippen LogP contribution < -0.4 is 10.1 Å². The van der Waals surface area contributed by atoms with Crippen LogP contribution in [0.1, 0.15) is 12.6 Å². The Balaban J connectivity index is 1.54. The Morgan fingerprint density at radius 3 is 2.79 bits per heavy atom. The summed E-state index contributed by atoms with van der Waals surface area (Å²) in [5.74, 6) is 0.220. The van der Waals surface area contributed by atoms with E-state index in [1.807, 2.05) is 12.1 Å². The van der Waals surface area contributed by atoms with Crippen molar-refractivity contribution in [1.82, 2.24) is 25.2 Å². The number of thioether (sulfide) groups is 1. The first-order valence-corrected chi connectivity index (χ1v) is 10.4. The molecule has 3 rings (SSSR count). The molecule has 0 aliphatic heterocycles. The molecule has 0 unspecified atom stereocenters. The molecule has 0 fully saturated rings. The van der Waals surface area contributed by atoms with Crippen LogP contribution in [0, 0.1) is 0 Å². The molecule has 0 aliphatic carbocycles. The summed E-state index contributed by atoms with van der Waals surface area (Å²) in [6.07, 6.45) is 0.0750. The molecule has 0 atom stereocenters. The quantitative estimate of drug-likeness (QED) is 0.398. The Labute approximate surface area is 174 Å². The van der Waals surface area contributed by atoms with Crippen molar-refractivity contribution >= 4 is 40.1 Å². The molecule has 29 heavy (non-hydrogen) atoms. The van der Waals surface area contributed by atoms with Crippen LogP contribution in [0.2, 0.25) is 0 Å². The normalized spacial score (nSPS) is 10.6. The lowest BCUT2D eigenvalue weighted by Crippen LogP contribution is -2.15. The van der Waals surface area contributed by atoms with Gasteiger partial charge in [-0.1, -0.05) is 11.8 Å². The molecule has 1 aromatic carbocycles. The molecule has 0 saturated carbocycles. The zero-order valence-electron chi connectivity index (χ0n) is 15.7. The van der Waals surface area contributed by atoms with Gasteiger partial charge in [0.05, 0.1) is 37.3 Å². The fraction of sp³-hybridized carbons (Fsp3) is 0.294. The lowest BCUT2D eigenvalue weighted by Gasteiger charge is -2.05. The lowest BCUT2D eigenvalue weighted by atomic mass is 10.3. The Hall–Kier alpha value is -2.99. The summed E-state index contributed by atoms with van der Waals surface area (Å²) in [5, 5.41) is 16.9. The van der Waals surface area contributed by atoms with Gasteiger partial charge in [0, 0.05) is 5.38 Å². The van der Waals surface area contributed by atoms with Gasteiger partial charge in [-0.15, -0.1) is 16.4 Å². The minimum atomic E-state index is -0.350. The standard InChI is InChI=1S/C17H18N6O4S2/c1-3-27-15(25)8-11-9-28-16(18-11)19-14(24)10-29-17-20-21-22-23(17)12-4-6-13(26-2)7-5-12/h4-7,9H,3,8,10H2,1-2H3,(H,18,19,24). The number of carbonyl (C=O) groups is 2. The molecule has 0 aliphatic rings. The highest BCUT2D eigenvalue weighted by Gasteiger charge is 2.14. The van der Waals surface area contributed by atoms with E-state index in [2.05, 4.69) is 25.8 Å². The van der Waals surface area contributed by atoms with Crippen LogP contribution in [-0.4, -0.2) is 56.5 Å². The van der Waals surface area contributed by atoms with E-state index in [1.165, 1.54) is 27.8 Å². The number of benzene rings is 1. The van der Waals surface area contributed by atoms with Crippen molar-refractivity contribution in [3.8, 4) is 11.4 Å². The first-order valence-electron chi connectivity index (χ1n) is 8.54. The summed E-state index contributed by atoms with van der Waals surface area (Å²) in [4.78, 5) is 27.9. The maximum Gasteiger partial charge on any atom is 0.311 e. The predicted molar refractivity (Wildman–Crippen MR) is 108 cm³/mol. The molecule has 1 N–H and O–H groups in total. The van der Waals surface area contributed by atoms with Gasteiger partial charge in [-0.2, -0.15) is 4.68 Å². The number of carbonyl (C=O) groups excluding carboxylic acids is 2. The van der Waals surface area contributed by atoms with Crippen molar-refractivity contribution in [2.45, 2.75) is 18.5 Å². The molecule has 10 nitrogen and oxygen atoms in total. The van der Waals surface area contributed by atoms with Gasteiger partial charge in [0.25, 0.3) is 0 Å². The maximum absolute atomic E-state index is 12.2. The Morgan fingerprint density at radius 1 is 1.28 bits per heavy atom. The first-order chi connectivity index (χ1) is 14.1. The summed E-state index contributed by atoms with van der Waals surface area (Å²) in [6, 6.07) is 7.24. The number of tetrazole rings is 1. The molecule has 12 heteroatoms. The van der Waals surface area contributed by atoms with Crippen LogP contribution in [0.4, 0.5) is 5.13 Å². The highest BCUT2D eigenvalue weighted by Crippen LogP contribution is 2.21. The van der Waals surface area contributed by atoms with Crippen molar-refractivity contribution < 1.29 is 19.1 Å². The van der Waals surface area contributed by atoms with Gasteiger partial charge < -0.3 is 14.8 Å². The van der Waals surface area contributed by atoms with Crippen molar-refractivity contribution in [3.05, 3.63) is 35.3 Å². The smallest absolute Gasteiger partial charge is 0.311 e. The van der Waals surface area contributed by atoms with Crippen LogP contribution in [0.3, 0.4) is 0 Å². The van der Waals surface area contributed by atoms with E-state index in [1.54, 1.807) is 31.5 Å². The van der Waals surface area contributed by atoms with Crippen LogP contribution in [0.5, 0.6) is 5.75 Å². The van der Waals surface area contributed by atoms with Crippen LogP contribution >= 0.6 is 23.1 Å². The molecular weight excluding hydrogens is 416 g/mol. The molecule has 2 aromatic heterocycles. The Kier molecular flexibility index (Phi) is 7.14. The Morgan fingerprint density at radius 2 is 2.07 bits per heavy atom. The van der Waals surface area contributed by atoms with Gasteiger partial charge in [-0.25, -0.2) is 4.98 Å². The summed E-state index contributed by atoms with van der Waals surface area (Å²) in [6.45, 7) is 2.06. The van der Waals surface area contributed by atoms with Gasteiger partial charge in [0.1, 0.15) is 5.75 Å². The first kappa shape index (κ1) is 20.7. The number of aromatic nitrogens is 5. The molecule has 0 spiro atoms. The molecule has 1 amide bonds. The number of hydrogen-bond donors (Lipinski definition) is 1. The fourth-order valence-electron chi connectivity index (χ4n) is 2.25. The number of thiazole rings is 1. The number of nitrogens with one attached hydrogen (secondary N) is 1. The van der Waals surface area contributed by atoms with Gasteiger partial charge in [-0.3, -0.25) is 9.59 Å². The topological polar surface area (TPSA) is 121 Å². The van der Waals surface area contributed by atoms with Crippen molar-refractivity contribution in [2.24, 2.45) is 0 Å². The second-order valence-corrected chi connectivity index (χ2v) is 7.33. The maximum atomic E-state index is 12.2. The van der Waals surface area contributed by atoms with Crippen LogP contribution in [0.25, 0.3) is 5.69 Å². The van der Waals surface area contributed by atoms with Gasteiger partial charge in [-0.05, 0) is 41.6 Å². The second-order valence-electron chi connectivity index (χ2n) is 5.53. The van der Waals surface area contributed by atoms with Gasteiger partial charge in [0.2, 0.25) is 11.1 Å². The zero-order valence-corrected chi connectivity index (χ0v) is 17.3. The Bertz CT molecular complexity index is 972. The van der Waals surface area contributed by atoms with Crippen molar-refractivity contribution in [3.63, 3.8) is 0 Å². The number of anilines is 1. The third-order valence-corrected chi connectivity index (χ3v) is 5.24. The summed E-state index contributed by atoms with van der Waals surface area (Å²) < 4.78 is 11.6. The predicted octanol–water partition coefficient (Wildman–Crippen LogP) is 1.96. The summed E-state index contributed by atoms with van der Waals surface area (Å²) in [5.41, 5.74) is 1.31. The number of esters is 1. The number of amides is 1. The molecule has 2 heterocycles. The minimum absolute atomic E-state index is 0.0750. The number of ether oxygens (including phenoxy) is 2. The van der Waals surface area contributed by atoms with E-state index >= 15 is 0 Å². The van der Waals surface area contributed by atoms with E-state index in [0.29, 0.717) is 22.6 Å². The highest BCUT2D eigenvalue weighted by molar-refractivity contribution is 7.99. The van der Waals surface area contributed by atoms with Crippen molar-refractivity contribution in [2.75, 3.05) is 24.8 Å². The molecule has 0 saturated heterocycles. The average Bonchev–Trinajstić information content (AvgIpc) is 3.36. The average molecular weight is 435 g/mol. The van der Waals surface area contributed by atoms with Crippen molar-refractivity contribution in [1.29, 1.82) is 0 Å². The van der Waals surface area contributed by atoms with Gasteiger partial charge >= 0.3 is 5.97 Å². The van der Waals surface area contributed by atoms with E-state index < -0.39 is 0 Å². The third-order valence-electron chi connectivity index (χ3n) is 3.52. The molecule has 0 bridgehead atoms. The monoisotopic (exact) mass is 434 g/mol.